The maximum absolute atomic E-state index is 11.8. The number of rotatable bonds is 5. The quantitative estimate of drug-likeness (QED) is 0.858. The van der Waals surface area contributed by atoms with Crippen LogP contribution in [-0.2, 0) is 16.0 Å². The summed E-state index contributed by atoms with van der Waals surface area (Å²) < 4.78 is 0. The Hall–Kier alpha value is -1.36. The maximum Gasteiger partial charge on any atom is 0.308 e. The van der Waals surface area contributed by atoms with Gasteiger partial charge in [0.2, 0.25) is 5.91 Å². The predicted molar refractivity (Wildman–Crippen MR) is 69.5 cm³/mol. The first-order valence-electron chi connectivity index (χ1n) is 6.21. The molecule has 0 radical (unpaired) electrons. The van der Waals surface area contributed by atoms with E-state index >= 15 is 0 Å². The zero-order valence-electron chi connectivity index (χ0n) is 10.1. The van der Waals surface area contributed by atoms with Gasteiger partial charge in [0, 0.05) is 17.3 Å². The monoisotopic (exact) mass is 267 g/mol. The number of thiophene rings is 1. The van der Waals surface area contributed by atoms with Crippen molar-refractivity contribution in [1.82, 2.24) is 5.32 Å². The van der Waals surface area contributed by atoms with E-state index in [1.54, 1.807) is 11.3 Å². The van der Waals surface area contributed by atoms with Crippen LogP contribution in [0.25, 0.3) is 0 Å². The summed E-state index contributed by atoms with van der Waals surface area (Å²) in [5, 5.41) is 13.9. The lowest BCUT2D eigenvalue weighted by Gasteiger charge is -2.17. The number of carboxylic acids is 1. The topological polar surface area (TPSA) is 66.4 Å². The Morgan fingerprint density at radius 2 is 2.28 bits per heavy atom. The Morgan fingerprint density at radius 3 is 2.94 bits per heavy atom. The van der Waals surface area contributed by atoms with Gasteiger partial charge in [-0.05, 0) is 30.7 Å². The molecule has 1 aromatic heterocycles. The van der Waals surface area contributed by atoms with Crippen LogP contribution in [0.15, 0.2) is 17.5 Å². The van der Waals surface area contributed by atoms with Gasteiger partial charge in [-0.1, -0.05) is 12.5 Å². The van der Waals surface area contributed by atoms with Crippen molar-refractivity contribution >= 4 is 23.2 Å². The molecule has 18 heavy (non-hydrogen) atoms. The Balaban J connectivity index is 1.78. The minimum absolute atomic E-state index is 0.0402. The van der Waals surface area contributed by atoms with Crippen LogP contribution in [0.4, 0.5) is 0 Å². The predicted octanol–water partition coefficient (Wildman–Crippen LogP) is 2.05. The van der Waals surface area contributed by atoms with Gasteiger partial charge in [0.05, 0.1) is 5.92 Å². The molecule has 2 unspecified atom stereocenters. The fourth-order valence-electron chi connectivity index (χ4n) is 2.40. The molecule has 2 atom stereocenters. The molecular formula is C13H17NO3S. The lowest BCUT2D eigenvalue weighted by atomic mass is 10.0. The lowest BCUT2D eigenvalue weighted by molar-refractivity contribution is -0.142. The molecular weight excluding hydrogens is 250 g/mol. The second kappa shape index (κ2) is 6.00. The molecule has 5 heteroatoms. The van der Waals surface area contributed by atoms with Crippen LogP contribution in [0.2, 0.25) is 0 Å². The minimum Gasteiger partial charge on any atom is -0.481 e. The first kappa shape index (κ1) is 13.1. The molecule has 1 fully saturated rings. The number of aryl methyl sites for hydroxylation is 1. The van der Waals surface area contributed by atoms with Gasteiger partial charge < -0.3 is 10.4 Å². The van der Waals surface area contributed by atoms with Gasteiger partial charge >= 0.3 is 5.97 Å². The van der Waals surface area contributed by atoms with Crippen molar-refractivity contribution < 1.29 is 14.7 Å². The third-order valence-electron chi connectivity index (χ3n) is 3.36. The molecule has 2 N–H and O–H groups in total. The number of nitrogens with one attached hydrogen (secondary N) is 1. The summed E-state index contributed by atoms with van der Waals surface area (Å²) in [6.45, 7) is 0. The van der Waals surface area contributed by atoms with Crippen LogP contribution in [0, 0.1) is 5.92 Å². The lowest BCUT2D eigenvalue weighted by Crippen LogP contribution is -2.40. The highest BCUT2D eigenvalue weighted by atomic mass is 32.1. The number of aliphatic carboxylic acids is 1. The summed E-state index contributed by atoms with van der Waals surface area (Å²) in [6.07, 6.45) is 3.50. The summed E-state index contributed by atoms with van der Waals surface area (Å²) in [5.41, 5.74) is 0. The normalized spacial score (nSPS) is 22.9. The van der Waals surface area contributed by atoms with Gasteiger partial charge in [-0.2, -0.15) is 0 Å². The summed E-state index contributed by atoms with van der Waals surface area (Å²) in [7, 11) is 0. The van der Waals surface area contributed by atoms with Crippen molar-refractivity contribution in [3.63, 3.8) is 0 Å². The zero-order valence-corrected chi connectivity index (χ0v) is 10.9. The fraction of sp³-hybridized carbons (Fsp3) is 0.538. The van der Waals surface area contributed by atoms with Crippen molar-refractivity contribution in [1.29, 1.82) is 0 Å². The van der Waals surface area contributed by atoms with E-state index < -0.39 is 11.9 Å². The molecule has 98 valence electrons. The van der Waals surface area contributed by atoms with Gasteiger partial charge in [0.15, 0.2) is 0 Å². The fourth-order valence-corrected chi connectivity index (χ4v) is 3.11. The van der Waals surface area contributed by atoms with Crippen molar-refractivity contribution in [3.05, 3.63) is 22.4 Å². The highest BCUT2D eigenvalue weighted by Crippen LogP contribution is 2.25. The van der Waals surface area contributed by atoms with Crippen LogP contribution in [0.5, 0.6) is 0 Å². The maximum atomic E-state index is 11.8. The molecule has 2 rings (SSSR count). The molecule has 1 aliphatic rings. The minimum atomic E-state index is -0.795. The van der Waals surface area contributed by atoms with Gasteiger partial charge in [-0.3, -0.25) is 9.59 Å². The molecule has 0 aromatic carbocycles. The third-order valence-corrected chi connectivity index (χ3v) is 4.29. The highest BCUT2D eigenvalue weighted by Gasteiger charge is 2.33. The molecule has 0 aliphatic heterocycles. The molecule has 1 amide bonds. The molecule has 0 saturated heterocycles. The van der Waals surface area contributed by atoms with Crippen molar-refractivity contribution in [3.8, 4) is 0 Å². The molecule has 1 aromatic rings. The van der Waals surface area contributed by atoms with E-state index in [2.05, 4.69) is 5.32 Å². The van der Waals surface area contributed by atoms with E-state index in [0.717, 1.165) is 19.3 Å². The van der Waals surface area contributed by atoms with Crippen LogP contribution >= 0.6 is 11.3 Å². The number of carboxylic acid groups (broad SMARTS) is 1. The summed E-state index contributed by atoms with van der Waals surface area (Å²) in [4.78, 5) is 23.9. The van der Waals surface area contributed by atoms with E-state index in [9.17, 15) is 9.59 Å². The summed E-state index contributed by atoms with van der Waals surface area (Å²) in [6, 6.07) is 3.79. The molecule has 1 saturated carbocycles. The zero-order chi connectivity index (χ0) is 13.0. The van der Waals surface area contributed by atoms with E-state index in [1.807, 2.05) is 17.5 Å². The van der Waals surface area contributed by atoms with E-state index in [-0.39, 0.29) is 11.9 Å². The van der Waals surface area contributed by atoms with Gasteiger partial charge in [0.25, 0.3) is 0 Å². The number of hydrogen-bond acceptors (Lipinski definition) is 3. The van der Waals surface area contributed by atoms with Gasteiger partial charge in [-0.15, -0.1) is 11.3 Å². The average Bonchev–Trinajstić information content (AvgIpc) is 2.96. The molecule has 4 nitrogen and oxygen atoms in total. The SMILES string of the molecule is O=C(CCc1cccs1)NC1CCCC1C(=O)O. The molecule has 1 aliphatic carbocycles. The smallest absolute Gasteiger partial charge is 0.308 e. The van der Waals surface area contributed by atoms with Crippen molar-refractivity contribution in [2.75, 3.05) is 0 Å². The van der Waals surface area contributed by atoms with Crippen LogP contribution in [0.1, 0.15) is 30.6 Å². The Kier molecular flexibility index (Phi) is 4.36. The molecule has 0 spiro atoms. The summed E-state index contributed by atoms with van der Waals surface area (Å²) >= 11 is 1.64. The van der Waals surface area contributed by atoms with Crippen molar-refractivity contribution in [2.24, 2.45) is 5.92 Å². The van der Waals surface area contributed by atoms with Gasteiger partial charge in [-0.25, -0.2) is 0 Å². The first-order valence-corrected chi connectivity index (χ1v) is 7.09. The standard InChI is InChI=1S/C13H17NO3S/c15-12(7-6-9-3-2-8-18-9)14-11-5-1-4-10(11)13(16)17/h2-3,8,10-11H,1,4-7H2,(H,14,15)(H,16,17). The first-order chi connectivity index (χ1) is 8.66. The third kappa shape index (κ3) is 3.32. The van der Waals surface area contributed by atoms with E-state index in [4.69, 9.17) is 5.11 Å². The Labute approximate surface area is 110 Å². The average molecular weight is 267 g/mol. The van der Waals surface area contributed by atoms with Crippen LogP contribution < -0.4 is 5.32 Å². The Morgan fingerprint density at radius 1 is 1.44 bits per heavy atom. The van der Waals surface area contributed by atoms with Gasteiger partial charge in [0.1, 0.15) is 0 Å². The molecule has 1 heterocycles. The van der Waals surface area contributed by atoms with Crippen molar-refractivity contribution in [2.45, 2.75) is 38.1 Å². The van der Waals surface area contributed by atoms with Crippen LogP contribution in [0.3, 0.4) is 0 Å². The van der Waals surface area contributed by atoms with E-state index in [1.165, 1.54) is 4.88 Å². The molecule has 0 bridgehead atoms. The van der Waals surface area contributed by atoms with E-state index in [0.29, 0.717) is 12.8 Å². The number of carbonyl (C=O) groups excluding carboxylic acids is 1. The van der Waals surface area contributed by atoms with Crippen LogP contribution in [-0.4, -0.2) is 23.0 Å². The summed E-state index contributed by atoms with van der Waals surface area (Å²) in [5.74, 6) is -1.24. The second-order valence-corrected chi connectivity index (χ2v) is 5.66. The number of hydrogen-bond donors (Lipinski definition) is 2. The second-order valence-electron chi connectivity index (χ2n) is 4.63. The number of carbonyl (C=O) groups is 2. The highest BCUT2D eigenvalue weighted by molar-refractivity contribution is 7.09. The number of amides is 1. The largest absolute Gasteiger partial charge is 0.481 e. The Bertz CT molecular complexity index is 416.